The average molecular weight is 423 g/mol. The van der Waals surface area contributed by atoms with Gasteiger partial charge < -0.3 is 19.3 Å². The second-order valence-corrected chi connectivity index (χ2v) is 7.40. The first-order valence-corrected chi connectivity index (χ1v) is 10.0. The molecule has 2 aromatic heterocycles. The van der Waals surface area contributed by atoms with E-state index in [1.165, 1.54) is 6.33 Å². The van der Waals surface area contributed by atoms with Crippen LogP contribution in [0.3, 0.4) is 0 Å². The lowest BCUT2D eigenvalue weighted by Gasteiger charge is -2.20. The van der Waals surface area contributed by atoms with Crippen molar-refractivity contribution in [2.24, 2.45) is 0 Å². The Morgan fingerprint density at radius 1 is 1.00 bits per heavy atom. The highest BCUT2D eigenvalue weighted by molar-refractivity contribution is 7.13. The molecule has 7 nitrogen and oxygen atoms in total. The largest absolute Gasteiger partial charge is 0.493 e. The van der Waals surface area contributed by atoms with E-state index in [0.717, 1.165) is 16.1 Å². The number of thiophene rings is 1. The minimum atomic E-state index is -0.960. The molecule has 0 aliphatic rings. The van der Waals surface area contributed by atoms with Crippen molar-refractivity contribution >= 4 is 11.3 Å². The molecule has 0 saturated carbocycles. The lowest BCUT2D eigenvalue weighted by Crippen LogP contribution is -2.08. The zero-order valence-corrected chi connectivity index (χ0v) is 17.6. The third kappa shape index (κ3) is 3.62. The maximum absolute atomic E-state index is 11.4. The SMILES string of the molecule is COc1cc(C(O)c2cc(-c3cccs3)ccc2-n2cncn2)cc(OC)c1OC. The van der Waals surface area contributed by atoms with Crippen LogP contribution in [0.4, 0.5) is 0 Å². The van der Waals surface area contributed by atoms with Crippen molar-refractivity contribution in [1.29, 1.82) is 0 Å². The van der Waals surface area contributed by atoms with Crippen molar-refractivity contribution in [3.63, 3.8) is 0 Å². The molecule has 0 fully saturated rings. The van der Waals surface area contributed by atoms with Gasteiger partial charge in [0.25, 0.3) is 0 Å². The van der Waals surface area contributed by atoms with Crippen molar-refractivity contribution in [3.05, 3.63) is 71.6 Å². The summed E-state index contributed by atoms with van der Waals surface area (Å²) in [6.45, 7) is 0. The van der Waals surface area contributed by atoms with Gasteiger partial charge in [0.1, 0.15) is 18.8 Å². The van der Waals surface area contributed by atoms with Gasteiger partial charge >= 0.3 is 0 Å². The first kappa shape index (κ1) is 19.9. The summed E-state index contributed by atoms with van der Waals surface area (Å²) < 4.78 is 17.9. The molecule has 1 atom stereocenters. The van der Waals surface area contributed by atoms with Gasteiger partial charge in [-0.2, -0.15) is 5.10 Å². The number of aromatic nitrogens is 3. The molecule has 0 aliphatic heterocycles. The van der Waals surface area contributed by atoms with E-state index in [9.17, 15) is 5.11 Å². The molecule has 0 spiro atoms. The average Bonchev–Trinajstić information content (AvgIpc) is 3.51. The minimum Gasteiger partial charge on any atom is -0.493 e. The highest BCUT2D eigenvalue weighted by atomic mass is 32.1. The highest BCUT2D eigenvalue weighted by Crippen LogP contribution is 2.42. The summed E-state index contributed by atoms with van der Waals surface area (Å²) in [7, 11) is 4.64. The Labute approximate surface area is 178 Å². The van der Waals surface area contributed by atoms with Crippen LogP contribution in [-0.4, -0.2) is 41.2 Å². The van der Waals surface area contributed by atoms with Crippen LogP contribution in [0.25, 0.3) is 16.1 Å². The van der Waals surface area contributed by atoms with E-state index >= 15 is 0 Å². The predicted molar refractivity (Wildman–Crippen MR) is 115 cm³/mol. The number of methoxy groups -OCH3 is 3. The number of nitrogens with zero attached hydrogens (tertiary/aromatic N) is 3. The number of ether oxygens (including phenoxy) is 3. The third-order valence-corrected chi connectivity index (χ3v) is 5.72. The van der Waals surface area contributed by atoms with E-state index in [-0.39, 0.29) is 0 Å². The molecule has 0 bridgehead atoms. The van der Waals surface area contributed by atoms with E-state index < -0.39 is 6.10 Å². The first-order chi connectivity index (χ1) is 14.7. The van der Waals surface area contributed by atoms with Gasteiger partial charge in [-0.15, -0.1) is 11.3 Å². The van der Waals surface area contributed by atoms with Crippen LogP contribution < -0.4 is 14.2 Å². The number of hydrogen-bond donors (Lipinski definition) is 1. The third-order valence-electron chi connectivity index (χ3n) is 4.80. The van der Waals surface area contributed by atoms with Gasteiger partial charge in [-0.25, -0.2) is 9.67 Å². The lowest BCUT2D eigenvalue weighted by atomic mass is 9.96. The molecule has 2 aromatic carbocycles. The monoisotopic (exact) mass is 423 g/mol. The molecule has 0 radical (unpaired) electrons. The number of hydrogen-bond acceptors (Lipinski definition) is 7. The number of aliphatic hydroxyl groups excluding tert-OH is 1. The van der Waals surface area contributed by atoms with E-state index in [4.69, 9.17) is 14.2 Å². The normalized spacial score (nSPS) is 11.9. The van der Waals surface area contributed by atoms with Crippen molar-refractivity contribution < 1.29 is 19.3 Å². The number of benzene rings is 2. The van der Waals surface area contributed by atoms with Crippen molar-refractivity contribution in [2.45, 2.75) is 6.10 Å². The van der Waals surface area contributed by atoms with Gasteiger partial charge in [0.05, 0.1) is 27.0 Å². The molecule has 1 N–H and O–H groups in total. The van der Waals surface area contributed by atoms with Crippen LogP contribution in [0.5, 0.6) is 17.2 Å². The highest BCUT2D eigenvalue weighted by Gasteiger charge is 2.22. The molecule has 4 rings (SSSR count). The Balaban J connectivity index is 1.87. The Morgan fingerprint density at radius 2 is 1.77 bits per heavy atom. The van der Waals surface area contributed by atoms with E-state index in [0.29, 0.717) is 28.4 Å². The maximum atomic E-state index is 11.4. The predicted octanol–water partition coefficient (Wildman–Crippen LogP) is 4.10. The van der Waals surface area contributed by atoms with Crippen molar-refractivity contribution in [1.82, 2.24) is 14.8 Å². The van der Waals surface area contributed by atoms with Gasteiger partial charge in [-0.05, 0) is 46.8 Å². The zero-order chi connectivity index (χ0) is 21.1. The molecule has 0 amide bonds. The topological polar surface area (TPSA) is 78.6 Å². The lowest BCUT2D eigenvalue weighted by molar-refractivity contribution is 0.218. The zero-order valence-electron chi connectivity index (χ0n) is 16.8. The minimum absolute atomic E-state index is 0.472. The summed E-state index contributed by atoms with van der Waals surface area (Å²) >= 11 is 1.64. The molecule has 154 valence electrons. The maximum Gasteiger partial charge on any atom is 0.203 e. The van der Waals surface area contributed by atoms with Crippen LogP contribution in [0, 0.1) is 0 Å². The Morgan fingerprint density at radius 3 is 2.33 bits per heavy atom. The molecule has 8 heteroatoms. The number of rotatable bonds is 7. The summed E-state index contributed by atoms with van der Waals surface area (Å²) in [5.41, 5.74) is 3.03. The van der Waals surface area contributed by atoms with Gasteiger partial charge in [0, 0.05) is 10.4 Å². The van der Waals surface area contributed by atoms with E-state index in [2.05, 4.69) is 10.1 Å². The molecular weight excluding hydrogens is 402 g/mol. The van der Waals surface area contributed by atoms with Crippen molar-refractivity contribution in [3.8, 4) is 33.4 Å². The smallest absolute Gasteiger partial charge is 0.203 e. The summed E-state index contributed by atoms with van der Waals surface area (Å²) in [5, 5.41) is 17.6. The molecule has 2 heterocycles. The summed E-state index contributed by atoms with van der Waals surface area (Å²) in [5.74, 6) is 1.42. The quantitative estimate of drug-likeness (QED) is 0.482. The second kappa shape index (κ2) is 8.56. The van der Waals surface area contributed by atoms with Gasteiger partial charge in [-0.3, -0.25) is 0 Å². The molecule has 30 heavy (non-hydrogen) atoms. The van der Waals surface area contributed by atoms with Crippen molar-refractivity contribution in [2.75, 3.05) is 21.3 Å². The molecular formula is C22H21N3O4S. The molecule has 1 unspecified atom stereocenters. The Hall–Kier alpha value is -3.36. The van der Waals surface area contributed by atoms with E-state index in [1.807, 2.05) is 35.7 Å². The van der Waals surface area contributed by atoms with Gasteiger partial charge in [0.2, 0.25) is 5.75 Å². The fourth-order valence-electron chi connectivity index (χ4n) is 3.35. The Bertz CT molecular complexity index is 1100. The van der Waals surface area contributed by atoms with Crippen LogP contribution in [0.1, 0.15) is 17.2 Å². The summed E-state index contributed by atoms with van der Waals surface area (Å²) in [6.07, 6.45) is 2.10. The van der Waals surface area contributed by atoms with Crippen LogP contribution in [-0.2, 0) is 0 Å². The molecule has 0 saturated heterocycles. The standard InChI is InChI=1S/C22H21N3O4S/c1-27-18-10-15(11-19(28-2)22(18)29-3)21(26)16-9-14(20-5-4-8-30-20)6-7-17(16)25-13-23-12-24-25/h4-13,21,26H,1-3H3. The first-order valence-electron chi connectivity index (χ1n) is 9.17. The fraction of sp³-hybridized carbons (Fsp3) is 0.182. The summed E-state index contributed by atoms with van der Waals surface area (Å²) in [6, 6.07) is 13.4. The van der Waals surface area contributed by atoms with Crippen LogP contribution in [0.2, 0.25) is 0 Å². The summed E-state index contributed by atoms with van der Waals surface area (Å²) in [4.78, 5) is 5.15. The van der Waals surface area contributed by atoms with Crippen LogP contribution >= 0.6 is 11.3 Å². The van der Waals surface area contributed by atoms with Crippen LogP contribution in [0.15, 0.2) is 60.5 Å². The van der Waals surface area contributed by atoms with E-state index in [1.54, 1.807) is 55.8 Å². The fourth-order valence-corrected chi connectivity index (χ4v) is 4.07. The second-order valence-electron chi connectivity index (χ2n) is 6.45. The van der Waals surface area contributed by atoms with Gasteiger partial charge in [-0.1, -0.05) is 12.1 Å². The number of aliphatic hydroxyl groups is 1. The molecule has 0 aliphatic carbocycles. The Kier molecular flexibility index (Phi) is 5.69. The molecule has 4 aromatic rings. The van der Waals surface area contributed by atoms with Gasteiger partial charge in [0.15, 0.2) is 11.5 Å².